The third kappa shape index (κ3) is 21.1. The van der Waals surface area contributed by atoms with Crippen molar-refractivity contribution >= 4 is 12.3 Å². The van der Waals surface area contributed by atoms with Crippen molar-refractivity contribution in [2.45, 2.75) is 110 Å². The number of ether oxygens (including phenoxy) is 1. The highest BCUT2D eigenvalue weighted by atomic mass is 16.5. The van der Waals surface area contributed by atoms with Crippen LogP contribution in [0.15, 0.2) is 0 Å². The van der Waals surface area contributed by atoms with Crippen LogP contribution in [0.5, 0.6) is 0 Å². The van der Waals surface area contributed by atoms with E-state index in [9.17, 15) is 9.59 Å². The van der Waals surface area contributed by atoms with Crippen molar-refractivity contribution in [3.05, 3.63) is 0 Å². The molecule has 0 rings (SSSR count). The monoisotopic (exact) mass is 369 g/mol. The van der Waals surface area contributed by atoms with Crippen LogP contribution in [0.2, 0.25) is 0 Å². The molecule has 26 heavy (non-hydrogen) atoms. The highest BCUT2D eigenvalue weighted by Crippen LogP contribution is 2.13. The molecule has 0 saturated carbocycles. The Balaban J connectivity index is 3.07. The first-order valence-corrected chi connectivity index (χ1v) is 11.1. The Hall–Kier alpha value is -0.900. The van der Waals surface area contributed by atoms with Gasteiger partial charge in [-0.1, -0.05) is 103 Å². The predicted octanol–water partition coefficient (Wildman–Crippen LogP) is 5.58. The summed E-state index contributed by atoms with van der Waals surface area (Å²) in [5.74, 6) is -0.271. The number of aldehydes is 1. The summed E-state index contributed by atoms with van der Waals surface area (Å²) >= 11 is 0. The SMILES string of the molecule is CCCCCCCCCCCCCCCCCCOC(=O)CNCC=O. The molecule has 0 fully saturated rings. The molecular formula is C22H43NO3. The quantitative estimate of drug-likeness (QED) is 0.163. The highest BCUT2D eigenvalue weighted by Gasteiger charge is 2.01. The molecule has 0 amide bonds. The summed E-state index contributed by atoms with van der Waals surface area (Å²) in [6.45, 7) is 3.10. The lowest BCUT2D eigenvalue weighted by molar-refractivity contribution is -0.142. The normalized spacial score (nSPS) is 10.8. The molecule has 154 valence electrons. The molecule has 4 nitrogen and oxygen atoms in total. The summed E-state index contributed by atoms with van der Waals surface area (Å²) in [6, 6.07) is 0. The van der Waals surface area contributed by atoms with Crippen LogP contribution in [0.1, 0.15) is 110 Å². The second kappa shape index (κ2) is 22.1. The summed E-state index contributed by atoms with van der Waals surface area (Å²) < 4.78 is 5.09. The zero-order valence-corrected chi connectivity index (χ0v) is 17.2. The molecule has 4 heteroatoms. The van der Waals surface area contributed by atoms with Gasteiger partial charge in [-0.15, -0.1) is 0 Å². The van der Waals surface area contributed by atoms with Crippen molar-refractivity contribution in [2.24, 2.45) is 0 Å². The number of carbonyl (C=O) groups is 2. The van der Waals surface area contributed by atoms with Crippen molar-refractivity contribution in [1.29, 1.82) is 0 Å². The van der Waals surface area contributed by atoms with E-state index in [-0.39, 0.29) is 19.1 Å². The summed E-state index contributed by atoms with van der Waals surface area (Å²) in [6.07, 6.45) is 22.2. The van der Waals surface area contributed by atoms with E-state index in [4.69, 9.17) is 4.74 Å². The molecular weight excluding hydrogens is 326 g/mol. The van der Waals surface area contributed by atoms with Gasteiger partial charge in [0.1, 0.15) is 6.29 Å². The fourth-order valence-corrected chi connectivity index (χ4v) is 3.12. The van der Waals surface area contributed by atoms with Gasteiger partial charge in [-0.25, -0.2) is 0 Å². The first kappa shape index (κ1) is 25.1. The minimum absolute atomic E-state index is 0.123. The number of esters is 1. The molecule has 0 saturated heterocycles. The topological polar surface area (TPSA) is 55.4 Å². The van der Waals surface area contributed by atoms with E-state index in [1.807, 2.05) is 0 Å². The van der Waals surface area contributed by atoms with E-state index in [1.54, 1.807) is 0 Å². The number of nitrogens with one attached hydrogen (secondary N) is 1. The smallest absolute Gasteiger partial charge is 0.319 e. The van der Waals surface area contributed by atoms with E-state index >= 15 is 0 Å². The second-order valence-corrected chi connectivity index (χ2v) is 7.32. The van der Waals surface area contributed by atoms with Gasteiger partial charge >= 0.3 is 5.97 Å². The fourth-order valence-electron chi connectivity index (χ4n) is 3.12. The Morgan fingerprint density at radius 1 is 0.731 bits per heavy atom. The van der Waals surface area contributed by atoms with Gasteiger partial charge in [-0.2, -0.15) is 0 Å². The molecule has 1 N–H and O–H groups in total. The Morgan fingerprint density at radius 3 is 1.58 bits per heavy atom. The number of unbranched alkanes of at least 4 members (excludes halogenated alkanes) is 15. The first-order valence-electron chi connectivity index (χ1n) is 11.1. The molecule has 0 aliphatic carbocycles. The molecule has 0 aliphatic heterocycles. The van der Waals surface area contributed by atoms with E-state index in [0.717, 1.165) is 19.1 Å². The summed E-state index contributed by atoms with van der Waals surface area (Å²) in [5, 5.41) is 2.70. The zero-order valence-electron chi connectivity index (χ0n) is 17.2. The van der Waals surface area contributed by atoms with Gasteiger partial charge in [-0.05, 0) is 6.42 Å². The van der Waals surface area contributed by atoms with Crippen LogP contribution in [-0.2, 0) is 14.3 Å². The molecule has 0 heterocycles. The minimum Gasteiger partial charge on any atom is -0.465 e. The Bertz CT molecular complexity index is 308. The van der Waals surface area contributed by atoms with Gasteiger partial charge in [0.05, 0.1) is 19.7 Å². The van der Waals surface area contributed by atoms with Gasteiger partial charge in [0.15, 0.2) is 0 Å². The summed E-state index contributed by atoms with van der Waals surface area (Å²) in [4.78, 5) is 21.4. The van der Waals surface area contributed by atoms with E-state index in [2.05, 4.69) is 12.2 Å². The lowest BCUT2D eigenvalue weighted by Gasteiger charge is -2.05. The van der Waals surface area contributed by atoms with E-state index < -0.39 is 0 Å². The van der Waals surface area contributed by atoms with Crippen LogP contribution in [0.25, 0.3) is 0 Å². The standard InChI is InChI=1S/C22H43NO3/c1-2-3-4-5-6-7-8-9-10-11-12-13-14-15-16-17-20-26-22(25)21-23-18-19-24/h19,23H,2-18,20-21H2,1H3. The maximum Gasteiger partial charge on any atom is 0.319 e. The number of hydrogen-bond donors (Lipinski definition) is 1. The van der Waals surface area contributed by atoms with Gasteiger partial charge in [-0.3, -0.25) is 4.79 Å². The third-order valence-electron chi connectivity index (χ3n) is 4.76. The van der Waals surface area contributed by atoms with E-state index in [0.29, 0.717) is 6.61 Å². The molecule has 0 aromatic rings. The Morgan fingerprint density at radius 2 is 1.15 bits per heavy atom. The van der Waals surface area contributed by atoms with Gasteiger partial charge in [0, 0.05) is 0 Å². The average Bonchev–Trinajstić information content (AvgIpc) is 2.64. The molecule has 0 unspecified atom stereocenters. The second-order valence-electron chi connectivity index (χ2n) is 7.32. The largest absolute Gasteiger partial charge is 0.465 e. The average molecular weight is 370 g/mol. The fraction of sp³-hybridized carbons (Fsp3) is 0.909. The maximum atomic E-state index is 11.3. The molecule has 0 radical (unpaired) electrons. The van der Waals surface area contributed by atoms with Crippen LogP contribution in [-0.4, -0.2) is 32.0 Å². The summed E-state index contributed by atoms with van der Waals surface area (Å²) in [7, 11) is 0. The van der Waals surface area contributed by atoms with Crippen LogP contribution in [0.4, 0.5) is 0 Å². The maximum absolute atomic E-state index is 11.3. The summed E-state index contributed by atoms with van der Waals surface area (Å²) in [5.41, 5.74) is 0. The Kier molecular flexibility index (Phi) is 21.4. The number of hydrogen-bond acceptors (Lipinski definition) is 4. The number of carbonyl (C=O) groups excluding carboxylic acids is 2. The lowest BCUT2D eigenvalue weighted by atomic mass is 10.0. The van der Waals surface area contributed by atoms with Gasteiger partial charge in [0.25, 0.3) is 0 Å². The molecule has 0 aromatic heterocycles. The van der Waals surface area contributed by atoms with Crippen molar-refractivity contribution in [3.8, 4) is 0 Å². The first-order chi connectivity index (χ1) is 12.8. The van der Waals surface area contributed by atoms with Gasteiger partial charge < -0.3 is 14.8 Å². The third-order valence-corrected chi connectivity index (χ3v) is 4.76. The van der Waals surface area contributed by atoms with Crippen molar-refractivity contribution in [2.75, 3.05) is 19.7 Å². The van der Waals surface area contributed by atoms with Crippen LogP contribution < -0.4 is 5.32 Å². The molecule has 0 aliphatic rings. The van der Waals surface area contributed by atoms with Crippen molar-refractivity contribution in [1.82, 2.24) is 5.32 Å². The highest BCUT2D eigenvalue weighted by molar-refractivity contribution is 5.72. The Labute approximate surface area is 161 Å². The van der Waals surface area contributed by atoms with Crippen molar-refractivity contribution in [3.63, 3.8) is 0 Å². The number of rotatable bonds is 21. The van der Waals surface area contributed by atoms with Crippen LogP contribution in [0, 0.1) is 0 Å². The molecule has 0 spiro atoms. The van der Waals surface area contributed by atoms with Crippen LogP contribution >= 0.6 is 0 Å². The lowest BCUT2D eigenvalue weighted by Crippen LogP contribution is -2.26. The van der Waals surface area contributed by atoms with Crippen molar-refractivity contribution < 1.29 is 14.3 Å². The molecule has 0 atom stereocenters. The molecule has 0 bridgehead atoms. The minimum atomic E-state index is -0.271. The van der Waals surface area contributed by atoms with Crippen LogP contribution in [0.3, 0.4) is 0 Å². The molecule has 0 aromatic carbocycles. The van der Waals surface area contributed by atoms with Gasteiger partial charge in [0.2, 0.25) is 0 Å². The van der Waals surface area contributed by atoms with E-state index in [1.165, 1.54) is 89.9 Å². The predicted molar refractivity (Wildman–Crippen MR) is 109 cm³/mol. The zero-order chi connectivity index (χ0) is 19.1.